The molecule has 0 radical (unpaired) electrons. The molecule has 0 aliphatic carbocycles. The van der Waals surface area contributed by atoms with Gasteiger partial charge in [-0.3, -0.25) is 4.79 Å². The molecule has 0 fully saturated rings. The molecule has 33 heavy (non-hydrogen) atoms. The second-order valence-electron chi connectivity index (χ2n) is 7.59. The normalized spacial score (nSPS) is 11.3. The molecule has 168 valence electrons. The highest BCUT2D eigenvalue weighted by Gasteiger charge is 2.18. The number of benzene rings is 3. The summed E-state index contributed by atoms with van der Waals surface area (Å²) < 4.78 is 30.3. The van der Waals surface area contributed by atoms with Crippen LogP contribution in [0.15, 0.2) is 90.0 Å². The van der Waals surface area contributed by atoms with E-state index < -0.39 is 28.3 Å². The molecule has 0 spiro atoms. The minimum absolute atomic E-state index is 0.152. The molecule has 1 N–H and O–H groups in total. The van der Waals surface area contributed by atoms with Crippen LogP contribution < -0.4 is 5.32 Å². The van der Waals surface area contributed by atoms with E-state index in [1.807, 2.05) is 59.2 Å². The number of amides is 1. The Balaban J connectivity index is 1.44. The summed E-state index contributed by atoms with van der Waals surface area (Å²) in [5.41, 5.74) is 2.78. The number of nitrogens with one attached hydrogen (secondary N) is 1. The lowest BCUT2D eigenvalue weighted by Gasteiger charge is -2.07. The number of aromatic nitrogens is 1. The molecule has 4 aromatic rings. The van der Waals surface area contributed by atoms with Crippen LogP contribution in [0.3, 0.4) is 0 Å². The fourth-order valence-corrected chi connectivity index (χ4v) is 4.14. The number of fused-ring (bicyclic) bond motifs is 1. The third-order valence-corrected chi connectivity index (χ3v) is 6.23. The van der Waals surface area contributed by atoms with Crippen molar-refractivity contribution in [1.82, 2.24) is 4.57 Å². The minimum Gasteiger partial charge on any atom is -0.452 e. The first kappa shape index (κ1) is 22.3. The summed E-state index contributed by atoms with van der Waals surface area (Å²) in [6.45, 7) is 0.128. The fourth-order valence-electron chi connectivity index (χ4n) is 3.51. The molecule has 0 saturated heterocycles. The molecular formula is C25H22N2O5S. The summed E-state index contributed by atoms with van der Waals surface area (Å²) in [5.74, 6) is -1.12. The Bertz CT molecular complexity index is 1410. The van der Waals surface area contributed by atoms with Crippen molar-refractivity contribution in [2.75, 3.05) is 18.2 Å². The van der Waals surface area contributed by atoms with Gasteiger partial charge < -0.3 is 14.6 Å². The van der Waals surface area contributed by atoms with Gasteiger partial charge in [0, 0.05) is 35.6 Å². The molecule has 7 nitrogen and oxygen atoms in total. The van der Waals surface area contributed by atoms with Crippen LogP contribution in [0, 0.1) is 0 Å². The zero-order valence-corrected chi connectivity index (χ0v) is 18.7. The first-order valence-electron chi connectivity index (χ1n) is 10.2. The van der Waals surface area contributed by atoms with E-state index in [0.717, 1.165) is 22.7 Å². The van der Waals surface area contributed by atoms with Gasteiger partial charge in [-0.2, -0.15) is 0 Å². The predicted octanol–water partition coefficient (Wildman–Crippen LogP) is 3.89. The van der Waals surface area contributed by atoms with E-state index in [2.05, 4.69) is 5.32 Å². The molecule has 3 aromatic carbocycles. The van der Waals surface area contributed by atoms with Crippen molar-refractivity contribution in [2.45, 2.75) is 11.4 Å². The zero-order valence-electron chi connectivity index (χ0n) is 17.9. The lowest BCUT2D eigenvalue weighted by Crippen LogP contribution is -2.20. The summed E-state index contributed by atoms with van der Waals surface area (Å²) in [5, 5.41) is 3.33. The number of sulfone groups is 1. The molecular weight excluding hydrogens is 440 g/mol. The van der Waals surface area contributed by atoms with Gasteiger partial charge in [-0.25, -0.2) is 13.2 Å². The maximum absolute atomic E-state index is 12.8. The first-order valence-corrected chi connectivity index (χ1v) is 12.1. The molecule has 0 aliphatic heterocycles. The highest BCUT2D eigenvalue weighted by Crippen LogP contribution is 2.23. The Kier molecular flexibility index (Phi) is 6.28. The predicted molar refractivity (Wildman–Crippen MR) is 126 cm³/mol. The third-order valence-electron chi connectivity index (χ3n) is 5.10. The van der Waals surface area contributed by atoms with Gasteiger partial charge in [-0.1, -0.05) is 48.5 Å². The Morgan fingerprint density at radius 3 is 2.27 bits per heavy atom. The summed E-state index contributed by atoms with van der Waals surface area (Å²) in [4.78, 5) is 25.1. The molecule has 1 amide bonds. The van der Waals surface area contributed by atoms with Gasteiger partial charge in [0.25, 0.3) is 5.91 Å². The SMILES string of the molecule is CS(=O)(=O)c1ccc(NC(=O)COC(=O)c2cn(Cc3ccccc3)c3ccccc23)cc1. The van der Waals surface area contributed by atoms with Crippen LogP contribution in [0.4, 0.5) is 5.69 Å². The number of nitrogens with zero attached hydrogens (tertiary/aromatic N) is 1. The highest BCUT2D eigenvalue weighted by molar-refractivity contribution is 7.90. The van der Waals surface area contributed by atoms with Crippen molar-refractivity contribution in [1.29, 1.82) is 0 Å². The van der Waals surface area contributed by atoms with Crippen molar-refractivity contribution in [3.63, 3.8) is 0 Å². The van der Waals surface area contributed by atoms with Gasteiger partial charge in [0.05, 0.1) is 10.5 Å². The Morgan fingerprint density at radius 1 is 0.909 bits per heavy atom. The fraction of sp³-hybridized carbons (Fsp3) is 0.120. The number of hydrogen-bond acceptors (Lipinski definition) is 5. The van der Waals surface area contributed by atoms with Crippen LogP contribution in [0.5, 0.6) is 0 Å². The standard InChI is InChI=1S/C25H22N2O5S/c1-33(30,31)20-13-11-19(12-14-20)26-24(28)17-32-25(29)22-16-27(15-18-7-3-2-4-8-18)23-10-6-5-9-21(22)23/h2-14,16H,15,17H2,1H3,(H,26,28). The largest absolute Gasteiger partial charge is 0.452 e. The number of carbonyl (C=O) groups excluding carboxylic acids is 2. The topological polar surface area (TPSA) is 94.5 Å². The average molecular weight is 463 g/mol. The molecule has 1 aromatic heterocycles. The van der Waals surface area contributed by atoms with E-state index in [9.17, 15) is 18.0 Å². The smallest absolute Gasteiger partial charge is 0.340 e. The summed E-state index contributed by atoms with van der Waals surface area (Å²) in [6.07, 6.45) is 2.85. The second-order valence-corrected chi connectivity index (χ2v) is 9.61. The Hall–Kier alpha value is -3.91. The molecule has 4 rings (SSSR count). The quantitative estimate of drug-likeness (QED) is 0.421. The molecule has 0 atom stereocenters. The van der Waals surface area contributed by atoms with Gasteiger partial charge in [0.15, 0.2) is 16.4 Å². The molecule has 0 unspecified atom stereocenters. The zero-order chi connectivity index (χ0) is 23.4. The number of carbonyl (C=O) groups is 2. The van der Waals surface area contributed by atoms with E-state index in [0.29, 0.717) is 17.8 Å². The van der Waals surface area contributed by atoms with E-state index in [4.69, 9.17) is 4.74 Å². The number of hydrogen-bond donors (Lipinski definition) is 1. The molecule has 0 aliphatic rings. The second kappa shape index (κ2) is 9.30. The summed E-state index contributed by atoms with van der Waals surface area (Å²) >= 11 is 0. The van der Waals surface area contributed by atoms with Gasteiger partial charge >= 0.3 is 5.97 Å². The average Bonchev–Trinajstić information content (AvgIpc) is 3.16. The maximum atomic E-state index is 12.8. The van der Waals surface area contributed by atoms with Gasteiger partial charge in [-0.15, -0.1) is 0 Å². The minimum atomic E-state index is -3.32. The summed E-state index contributed by atoms with van der Waals surface area (Å²) in [7, 11) is -3.32. The lowest BCUT2D eigenvalue weighted by molar-refractivity contribution is -0.119. The van der Waals surface area contributed by atoms with Crippen LogP contribution in [-0.2, 0) is 25.9 Å². The number of rotatable bonds is 7. The summed E-state index contributed by atoms with van der Waals surface area (Å²) in [6, 6.07) is 23.2. The van der Waals surface area contributed by atoms with Gasteiger partial charge in [0.1, 0.15) is 0 Å². The lowest BCUT2D eigenvalue weighted by atomic mass is 10.2. The Morgan fingerprint density at radius 2 is 1.58 bits per heavy atom. The van der Waals surface area contributed by atoms with E-state index in [1.54, 1.807) is 6.20 Å². The van der Waals surface area contributed by atoms with E-state index in [1.165, 1.54) is 24.3 Å². The van der Waals surface area contributed by atoms with Crippen molar-refractivity contribution in [2.24, 2.45) is 0 Å². The van der Waals surface area contributed by atoms with E-state index >= 15 is 0 Å². The van der Waals surface area contributed by atoms with Crippen LogP contribution in [0.25, 0.3) is 10.9 Å². The van der Waals surface area contributed by atoms with Gasteiger partial charge in [-0.05, 0) is 35.9 Å². The van der Waals surface area contributed by atoms with Crippen LogP contribution in [-0.4, -0.2) is 37.7 Å². The van der Waals surface area contributed by atoms with Crippen molar-refractivity contribution >= 4 is 38.3 Å². The number of para-hydroxylation sites is 1. The number of esters is 1. The third kappa shape index (κ3) is 5.30. The monoisotopic (exact) mass is 462 g/mol. The molecule has 0 saturated carbocycles. The van der Waals surface area contributed by atoms with E-state index in [-0.39, 0.29) is 4.90 Å². The molecule has 1 heterocycles. The number of ether oxygens (including phenoxy) is 1. The van der Waals surface area contributed by atoms with Crippen molar-refractivity contribution in [3.05, 3.63) is 96.2 Å². The van der Waals surface area contributed by atoms with Crippen LogP contribution in [0.2, 0.25) is 0 Å². The Labute approximate surface area is 191 Å². The first-order chi connectivity index (χ1) is 15.8. The van der Waals surface area contributed by atoms with Crippen molar-refractivity contribution < 1.29 is 22.7 Å². The number of anilines is 1. The highest BCUT2D eigenvalue weighted by atomic mass is 32.2. The van der Waals surface area contributed by atoms with Gasteiger partial charge in [0.2, 0.25) is 0 Å². The van der Waals surface area contributed by atoms with Crippen LogP contribution in [0.1, 0.15) is 15.9 Å². The molecule has 0 bridgehead atoms. The molecule has 8 heteroatoms. The van der Waals surface area contributed by atoms with Crippen molar-refractivity contribution in [3.8, 4) is 0 Å². The van der Waals surface area contributed by atoms with Crippen LogP contribution >= 0.6 is 0 Å². The maximum Gasteiger partial charge on any atom is 0.340 e.